The summed E-state index contributed by atoms with van der Waals surface area (Å²) in [5.74, 6) is 0.167. The molecule has 1 heterocycles. The number of ketones is 1. The molecule has 0 saturated carbocycles. The van der Waals surface area contributed by atoms with Gasteiger partial charge in [-0.25, -0.2) is 0 Å². The van der Waals surface area contributed by atoms with Gasteiger partial charge in [0.1, 0.15) is 5.78 Å². The maximum absolute atomic E-state index is 9.44. The van der Waals surface area contributed by atoms with Gasteiger partial charge in [-0.1, -0.05) is 12.2 Å². The monoisotopic (exact) mass is 139 g/mol. The molecule has 0 fully saturated rings. The van der Waals surface area contributed by atoms with E-state index in [4.69, 9.17) is 0 Å². The maximum Gasteiger partial charge on any atom is 0.126 e. The molecule has 0 atom stereocenters. The molecule has 1 aliphatic rings. The van der Waals surface area contributed by atoms with Crippen molar-refractivity contribution in [1.29, 1.82) is 0 Å². The fraction of sp³-hybridized carbons (Fsp3) is 0.375. The average Bonchev–Trinajstić information content (AvgIpc) is 1.90. The third-order valence-electron chi connectivity index (χ3n) is 0.700. The number of hydrogen-bond donors (Lipinski definition) is 1. The van der Waals surface area contributed by atoms with Crippen molar-refractivity contribution in [3.63, 3.8) is 0 Å². The van der Waals surface area contributed by atoms with Crippen molar-refractivity contribution in [3.05, 3.63) is 24.6 Å². The van der Waals surface area contributed by atoms with Crippen LogP contribution in [0.3, 0.4) is 0 Å². The van der Waals surface area contributed by atoms with Gasteiger partial charge in [-0.15, -0.1) is 0 Å². The summed E-state index contributed by atoms with van der Waals surface area (Å²) in [6.07, 6.45) is 9.08. The van der Waals surface area contributed by atoms with Gasteiger partial charge in [0.2, 0.25) is 0 Å². The smallest absolute Gasteiger partial charge is 0.126 e. The molecular formula is C8H13NO. The SMILES string of the molecule is C1=CNC=CC1.CC(C)=O. The van der Waals surface area contributed by atoms with Crippen molar-refractivity contribution in [2.75, 3.05) is 0 Å². The molecule has 0 aromatic heterocycles. The van der Waals surface area contributed by atoms with Crippen LogP contribution < -0.4 is 5.32 Å². The van der Waals surface area contributed by atoms with Crippen LogP contribution >= 0.6 is 0 Å². The molecule has 0 aliphatic carbocycles. The summed E-state index contributed by atoms with van der Waals surface area (Å²) in [6, 6.07) is 0. The number of Topliss-reactive ketones (excluding diaryl/α,β-unsaturated/α-hetero) is 1. The lowest BCUT2D eigenvalue weighted by atomic mass is 10.4. The second-order valence-electron chi connectivity index (χ2n) is 2.12. The van der Waals surface area contributed by atoms with Crippen LogP contribution in [0.25, 0.3) is 0 Å². The first-order valence-electron chi connectivity index (χ1n) is 3.26. The second-order valence-corrected chi connectivity index (χ2v) is 2.12. The van der Waals surface area contributed by atoms with Gasteiger partial charge in [-0.2, -0.15) is 0 Å². The molecule has 10 heavy (non-hydrogen) atoms. The minimum atomic E-state index is 0.167. The van der Waals surface area contributed by atoms with Crippen LogP contribution in [0.1, 0.15) is 20.3 Å². The zero-order valence-electron chi connectivity index (χ0n) is 6.42. The number of dihydropyridines is 1. The lowest BCUT2D eigenvalue weighted by Crippen LogP contribution is -1.93. The Hall–Kier alpha value is -1.05. The first-order valence-corrected chi connectivity index (χ1v) is 3.26. The Bertz CT molecular complexity index is 123. The molecular weight excluding hydrogens is 126 g/mol. The van der Waals surface area contributed by atoms with Crippen LogP contribution in [0.2, 0.25) is 0 Å². The molecule has 0 amide bonds. The fourth-order valence-corrected chi connectivity index (χ4v) is 0.406. The van der Waals surface area contributed by atoms with E-state index in [-0.39, 0.29) is 5.78 Å². The zero-order valence-corrected chi connectivity index (χ0v) is 6.42. The van der Waals surface area contributed by atoms with Gasteiger partial charge in [0, 0.05) is 0 Å². The van der Waals surface area contributed by atoms with Crippen molar-refractivity contribution in [3.8, 4) is 0 Å². The number of carbonyl (C=O) groups excluding carboxylic acids is 1. The van der Waals surface area contributed by atoms with Gasteiger partial charge in [0.15, 0.2) is 0 Å². The summed E-state index contributed by atoms with van der Waals surface area (Å²) in [4.78, 5) is 9.44. The van der Waals surface area contributed by atoms with Crippen molar-refractivity contribution in [1.82, 2.24) is 5.32 Å². The van der Waals surface area contributed by atoms with Crippen LogP contribution in [0.15, 0.2) is 24.6 Å². The van der Waals surface area contributed by atoms with Gasteiger partial charge < -0.3 is 10.1 Å². The summed E-state index contributed by atoms with van der Waals surface area (Å²) in [7, 11) is 0. The van der Waals surface area contributed by atoms with Crippen LogP contribution in [0, 0.1) is 0 Å². The zero-order chi connectivity index (χ0) is 7.82. The largest absolute Gasteiger partial charge is 0.368 e. The van der Waals surface area contributed by atoms with Gasteiger partial charge in [-0.3, -0.25) is 0 Å². The minimum absolute atomic E-state index is 0.167. The topological polar surface area (TPSA) is 29.1 Å². The fourth-order valence-electron chi connectivity index (χ4n) is 0.406. The molecule has 0 aromatic carbocycles. The highest BCUT2D eigenvalue weighted by Crippen LogP contribution is 1.86. The molecule has 2 nitrogen and oxygen atoms in total. The normalized spacial score (nSPS) is 13.0. The molecule has 0 unspecified atom stereocenters. The Labute approximate surface area is 61.6 Å². The lowest BCUT2D eigenvalue weighted by molar-refractivity contribution is -0.114. The Morgan fingerprint density at radius 1 is 1.30 bits per heavy atom. The quantitative estimate of drug-likeness (QED) is 0.552. The van der Waals surface area contributed by atoms with E-state index < -0.39 is 0 Å². The Morgan fingerprint density at radius 3 is 1.80 bits per heavy atom. The van der Waals surface area contributed by atoms with Crippen LogP contribution in [-0.4, -0.2) is 5.78 Å². The van der Waals surface area contributed by atoms with Gasteiger partial charge in [-0.05, 0) is 32.7 Å². The Kier molecular flexibility index (Phi) is 5.44. The second kappa shape index (κ2) is 6.08. The molecule has 1 N–H and O–H groups in total. The third kappa shape index (κ3) is 10.0. The number of hydrogen-bond acceptors (Lipinski definition) is 2. The molecule has 0 spiro atoms. The third-order valence-corrected chi connectivity index (χ3v) is 0.700. The van der Waals surface area contributed by atoms with E-state index in [1.54, 1.807) is 0 Å². The van der Waals surface area contributed by atoms with Crippen molar-refractivity contribution >= 4 is 5.78 Å². The summed E-state index contributed by atoms with van der Waals surface area (Å²) in [5, 5.41) is 2.92. The Balaban J connectivity index is 0.000000180. The first-order chi connectivity index (χ1) is 4.73. The van der Waals surface area contributed by atoms with Crippen molar-refractivity contribution < 1.29 is 4.79 Å². The summed E-state index contributed by atoms with van der Waals surface area (Å²) in [6.45, 7) is 3.06. The lowest BCUT2D eigenvalue weighted by Gasteiger charge is -1.92. The average molecular weight is 139 g/mol. The number of carbonyl (C=O) groups is 1. The molecule has 0 aromatic rings. The van der Waals surface area contributed by atoms with E-state index in [1.165, 1.54) is 13.8 Å². The molecule has 1 rings (SSSR count). The molecule has 0 bridgehead atoms. The van der Waals surface area contributed by atoms with Gasteiger partial charge >= 0.3 is 0 Å². The Morgan fingerprint density at radius 2 is 1.70 bits per heavy atom. The molecule has 0 radical (unpaired) electrons. The van der Waals surface area contributed by atoms with E-state index >= 15 is 0 Å². The number of allylic oxidation sites excluding steroid dienone is 2. The number of rotatable bonds is 0. The van der Waals surface area contributed by atoms with E-state index in [2.05, 4.69) is 17.5 Å². The van der Waals surface area contributed by atoms with Gasteiger partial charge in [0.25, 0.3) is 0 Å². The summed E-state index contributed by atoms with van der Waals surface area (Å²) < 4.78 is 0. The summed E-state index contributed by atoms with van der Waals surface area (Å²) in [5.41, 5.74) is 0. The molecule has 1 aliphatic heterocycles. The molecule has 2 heteroatoms. The standard InChI is InChI=1S/C5H7N.C3H6O/c1-2-4-6-5-3-1;1-3(2)4/h2-6H,1H2;1-2H3. The number of nitrogens with one attached hydrogen (secondary N) is 1. The first kappa shape index (κ1) is 8.95. The van der Waals surface area contributed by atoms with E-state index in [0.29, 0.717) is 0 Å². The van der Waals surface area contributed by atoms with E-state index in [0.717, 1.165) is 6.42 Å². The molecule has 0 saturated heterocycles. The highest BCUT2D eigenvalue weighted by atomic mass is 16.1. The minimum Gasteiger partial charge on any atom is -0.368 e. The van der Waals surface area contributed by atoms with E-state index in [9.17, 15) is 4.79 Å². The molecule has 56 valence electrons. The van der Waals surface area contributed by atoms with Crippen LogP contribution in [0.4, 0.5) is 0 Å². The van der Waals surface area contributed by atoms with E-state index in [1.807, 2.05) is 12.4 Å². The predicted molar refractivity (Wildman–Crippen MR) is 42.4 cm³/mol. The van der Waals surface area contributed by atoms with Gasteiger partial charge in [0.05, 0.1) is 0 Å². The van der Waals surface area contributed by atoms with Crippen LogP contribution in [-0.2, 0) is 4.79 Å². The van der Waals surface area contributed by atoms with Crippen molar-refractivity contribution in [2.45, 2.75) is 20.3 Å². The summed E-state index contributed by atoms with van der Waals surface area (Å²) >= 11 is 0. The highest BCUT2D eigenvalue weighted by Gasteiger charge is 1.73. The predicted octanol–water partition coefficient (Wildman–Crippen LogP) is 1.60. The highest BCUT2D eigenvalue weighted by molar-refractivity contribution is 5.72. The maximum atomic E-state index is 9.44. The van der Waals surface area contributed by atoms with Crippen LogP contribution in [0.5, 0.6) is 0 Å². The van der Waals surface area contributed by atoms with Crippen molar-refractivity contribution in [2.24, 2.45) is 0 Å².